The van der Waals surface area contributed by atoms with Crippen molar-refractivity contribution in [2.75, 3.05) is 13.8 Å². The summed E-state index contributed by atoms with van der Waals surface area (Å²) in [6.07, 6.45) is 23.9. The topological polar surface area (TPSA) is 9.23 Å². The van der Waals surface area contributed by atoms with Gasteiger partial charge in [-0.1, -0.05) is 44.4 Å². The summed E-state index contributed by atoms with van der Waals surface area (Å²) in [6, 6.07) is 6.76. The number of halogens is 1. The number of hydrogen-bond donors (Lipinski definition) is 0. The number of alkyl halides is 1. The van der Waals surface area contributed by atoms with E-state index >= 15 is 0 Å². The lowest BCUT2D eigenvalue weighted by Crippen LogP contribution is -2.17. The molecule has 0 aromatic heterocycles. The average molecular weight is 443 g/mol. The fraction of sp³-hybridized carbons (Fsp3) is 0.733. The van der Waals surface area contributed by atoms with Crippen molar-refractivity contribution in [1.29, 1.82) is 0 Å². The maximum atomic E-state index is 12.2. The molecular weight excluding hydrogens is 395 g/mol. The third-order valence-corrected chi connectivity index (χ3v) is 8.20. The van der Waals surface area contributed by atoms with Crippen LogP contribution < -0.4 is 4.74 Å². The van der Waals surface area contributed by atoms with Gasteiger partial charge in [0.1, 0.15) is 5.75 Å². The zero-order chi connectivity index (χ0) is 22.6. The Kier molecular flexibility index (Phi) is 11.1. The molecule has 2 saturated carbocycles. The Bertz CT molecular complexity index is 665. The third-order valence-electron chi connectivity index (χ3n) is 8.20. The van der Waals surface area contributed by atoms with Crippen LogP contribution >= 0.6 is 0 Å². The maximum absolute atomic E-state index is 12.2. The predicted molar refractivity (Wildman–Crippen MR) is 135 cm³/mol. The first kappa shape index (κ1) is 25.3. The molecule has 0 bridgehead atoms. The lowest BCUT2D eigenvalue weighted by Gasteiger charge is -2.32. The molecule has 0 spiro atoms. The van der Waals surface area contributed by atoms with Crippen molar-refractivity contribution in [3.8, 4) is 5.75 Å². The predicted octanol–water partition coefficient (Wildman–Crippen LogP) is 9.20. The second-order valence-electron chi connectivity index (χ2n) is 10.5. The number of hydrogen-bond acceptors (Lipinski definition) is 1. The van der Waals surface area contributed by atoms with Crippen molar-refractivity contribution in [2.24, 2.45) is 17.8 Å². The van der Waals surface area contributed by atoms with Gasteiger partial charge in [0.15, 0.2) is 0 Å². The molecule has 0 amide bonds. The van der Waals surface area contributed by atoms with Gasteiger partial charge in [0, 0.05) is 0 Å². The van der Waals surface area contributed by atoms with Gasteiger partial charge in [-0.25, -0.2) is 0 Å². The van der Waals surface area contributed by atoms with E-state index in [0.717, 1.165) is 48.7 Å². The molecule has 3 rings (SSSR count). The number of allylic oxidation sites excluding steroid dienone is 2. The van der Waals surface area contributed by atoms with E-state index in [1.54, 1.807) is 18.2 Å². The second-order valence-corrected chi connectivity index (χ2v) is 10.5. The second kappa shape index (κ2) is 14.1. The molecule has 2 aliphatic carbocycles. The highest BCUT2D eigenvalue weighted by molar-refractivity contribution is 5.38. The van der Waals surface area contributed by atoms with Crippen LogP contribution in [0.25, 0.3) is 0 Å². The van der Waals surface area contributed by atoms with E-state index in [-0.39, 0.29) is 6.67 Å². The number of methoxy groups -OCH3 is 1. The average Bonchev–Trinajstić information content (AvgIpc) is 2.84. The molecule has 0 unspecified atom stereocenters. The van der Waals surface area contributed by atoms with Gasteiger partial charge in [0.2, 0.25) is 0 Å². The lowest BCUT2D eigenvalue weighted by molar-refractivity contribution is 0.245. The fourth-order valence-corrected chi connectivity index (χ4v) is 6.13. The summed E-state index contributed by atoms with van der Waals surface area (Å²) >= 11 is 0. The van der Waals surface area contributed by atoms with E-state index in [1.165, 1.54) is 77.0 Å². The van der Waals surface area contributed by atoms with Crippen LogP contribution in [0.1, 0.15) is 114 Å². The minimum absolute atomic E-state index is 0.165. The molecule has 2 heteroatoms. The summed E-state index contributed by atoms with van der Waals surface area (Å²) in [6.45, 7) is 2.12. The first-order chi connectivity index (χ1) is 15.7. The van der Waals surface area contributed by atoms with Crippen molar-refractivity contribution in [2.45, 2.75) is 109 Å². The fourth-order valence-electron chi connectivity index (χ4n) is 6.13. The molecule has 1 nitrogen and oxygen atoms in total. The molecule has 2 aliphatic rings. The Balaban J connectivity index is 1.37. The van der Waals surface area contributed by atoms with Crippen LogP contribution in [-0.2, 0) is 6.42 Å². The molecule has 180 valence electrons. The summed E-state index contributed by atoms with van der Waals surface area (Å²) in [5, 5.41) is 0. The Morgan fingerprint density at radius 3 is 2.25 bits per heavy atom. The SMILES string of the molecule is CCCc1ccc(OC)cc1C1CCC(CCC2CCC(C=CCCCCF)CC2)CC1. The van der Waals surface area contributed by atoms with E-state index in [0.29, 0.717) is 0 Å². The Hall–Kier alpha value is -1.31. The highest BCUT2D eigenvalue weighted by atomic mass is 19.1. The van der Waals surface area contributed by atoms with Crippen molar-refractivity contribution in [1.82, 2.24) is 0 Å². The van der Waals surface area contributed by atoms with Gasteiger partial charge in [-0.2, -0.15) is 0 Å². The van der Waals surface area contributed by atoms with E-state index < -0.39 is 0 Å². The largest absolute Gasteiger partial charge is 0.497 e. The van der Waals surface area contributed by atoms with Gasteiger partial charge >= 0.3 is 0 Å². The molecule has 0 aliphatic heterocycles. The molecule has 1 aromatic rings. The van der Waals surface area contributed by atoms with Crippen molar-refractivity contribution < 1.29 is 9.13 Å². The van der Waals surface area contributed by atoms with Gasteiger partial charge < -0.3 is 4.74 Å². The van der Waals surface area contributed by atoms with Gasteiger partial charge in [-0.3, -0.25) is 4.39 Å². The van der Waals surface area contributed by atoms with Crippen LogP contribution in [0, 0.1) is 17.8 Å². The molecule has 1 aromatic carbocycles. The van der Waals surface area contributed by atoms with E-state index in [1.807, 2.05) is 0 Å². The van der Waals surface area contributed by atoms with Crippen LogP contribution in [0.5, 0.6) is 5.75 Å². The third kappa shape index (κ3) is 7.92. The molecule has 32 heavy (non-hydrogen) atoms. The maximum Gasteiger partial charge on any atom is 0.119 e. The van der Waals surface area contributed by atoms with Crippen LogP contribution in [0.15, 0.2) is 30.4 Å². The highest BCUT2D eigenvalue weighted by Gasteiger charge is 2.26. The first-order valence-electron chi connectivity index (χ1n) is 13.6. The first-order valence-corrected chi connectivity index (χ1v) is 13.6. The van der Waals surface area contributed by atoms with Crippen molar-refractivity contribution in [3.05, 3.63) is 41.5 Å². The number of ether oxygens (including phenoxy) is 1. The quantitative estimate of drug-likeness (QED) is 0.231. The number of aryl methyl sites for hydroxylation is 1. The van der Waals surface area contributed by atoms with Crippen LogP contribution in [0.4, 0.5) is 4.39 Å². The van der Waals surface area contributed by atoms with Gasteiger partial charge in [-0.15, -0.1) is 0 Å². The van der Waals surface area contributed by atoms with Crippen LogP contribution in [-0.4, -0.2) is 13.8 Å². The minimum Gasteiger partial charge on any atom is -0.497 e. The molecule has 0 atom stereocenters. The van der Waals surface area contributed by atoms with Crippen LogP contribution in [0.3, 0.4) is 0 Å². The zero-order valence-electron chi connectivity index (χ0n) is 20.8. The Morgan fingerprint density at radius 2 is 1.62 bits per heavy atom. The normalized spacial score (nSPS) is 26.5. The smallest absolute Gasteiger partial charge is 0.119 e. The van der Waals surface area contributed by atoms with Gasteiger partial charge in [0.05, 0.1) is 13.8 Å². The molecule has 0 saturated heterocycles. The standard InChI is InChI=1S/C30H47FO/c1-3-8-27-20-21-29(32-2)23-30(27)28-18-16-26(17-19-28)15-14-25-12-10-24(11-13-25)9-6-4-5-7-22-31/h6,9,20-21,23-26,28H,3-5,7-8,10-19,22H2,1-2H3. The highest BCUT2D eigenvalue weighted by Crippen LogP contribution is 2.41. The molecular formula is C30H47FO. The van der Waals surface area contributed by atoms with Crippen molar-refractivity contribution in [3.63, 3.8) is 0 Å². The number of benzene rings is 1. The monoisotopic (exact) mass is 442 g/mol. The Morgan fingerprint density at radius 1 is 0.938 bits per heavy atom. The van der Waals surface area contributed by atoms with Crippen LogP contribution in [0.2, 0.25) is 0 Å². The summed E-state index contributed by atoms with van der Waals surface area (Å²) < 4.78 is 17.7. The minimum atomic E-state index is -0.165. The van der Waals surface area contributed by atoms with Crippen molar-refractivity contribution >= 4 is 0 Å². The van der Waals surface area contributed by atoms with E-state index in [2.05, 4.69) is 37.3 Å². The van der Waals surface area contributed by atoms with Gasteiger partial charge in [-0.05, 0) is 124 Å². The lowest BCUT2D eigenvalue weighted by atomic mass is 9.73. The summed E-state index contributed by atoms with van der Waals surface area (Å²) in [4.78, 5) is 0. The van der Waals surface area contributed by atoms with E-state index in [4.69, 9.17) is 4.74 Å². The Labute approximate surface area is 197 Å². The number of rotatable bonds is 12. The van der Waals surface area contributed by atoms with E-state index in [9.17, 15) is 4.39 Å². The number of unbranched alkanes of at least 4 members (excludes halogenated alkanes) is 2. The summed E-state index contributed by atoms with van der Waals surface area (Å²) in [5.41, 5.74) is 3.12. The molecule has 0 radical (unpaired) electrons. The van der Waals surface area contributed by atoms with Gasteiger partial charge in [0.25, 0.3) is 0 Å². The summed E-state index contributed by atoms with van der Waals surface area (Å²) in [7, 11) is 1.79. The summed E-state index contributed by atoms with van der Waals surface area (Å²) in [5.74, 6) is 4.44. The molecule has 0 heterocycles. The molecule has 0 N–H and O–H groups in total. The molecule has 2 fully saturated rings. The zero-order valence-corrected chi connectivity index (χ0v) is 20.8.